The minimum absolute atomic E-state index is 0. The molecule has 0 unspecified atom stereocenters. The molecule has 4 radical (unpaired) electrons. The van der Waals surface area contributed by atoms with Crippen LogP contribution in [0, 0.1) is 27.7 Å². The van der Waals surface area contributed by atoms with Gasteiger partial charge in [-0.05, 0) is 76.2 Å². The van der Waals surface area contributed by atoms with E-state index in [1.165, 1.54) is 48.5 Å². The van der Waals surface area contributed by atoms with Gasteiger partial charge in [0, 0.05) is 27.3 Å². The molecule has 0 spiro atoms. The second kappa shape index (κ2) is 18.0. The summed E-state index contributed by atoms with van der Waals surface area (Å²) in [4.78, 5) is -0.711. The monoisotopic (exact) mass is 892 g/mol. The standard InChI is InChI=1S/4C7H8O3S.Pb/c4*1-6-2-4-7(5-3-6)11(8,9)10;/h4*2-5H,1H3,(H,8,9,10);/p-4. The normalized spacial score (nSPS) is 11.2. The van der Waals surface area contributed by atoms with E-state index in [0.29, 0.717) is 0 Å². The molecular formula is C28H28O12PbS4-4. The van der Waals surface area contributed by atoms with E-state index >= 15 is 0 Å². The van der Waals surface area contributed by atoms with Crippen molar-refractivity contribution < 1.29 is 51.9 Å². The predicted molar refractivity (Wildman–Crippen MR) is 162 cm³/mol. The van der Waals surface area contributed by atoms with E-state index in [1.54, 1.807) is 48.5 Å². The summed E-state index contributed by atoms with van der Waals surface area (Å²) in [5.41, 5.74) is 3.71. The van der Waals surface area contributed by atoms with Gasteiger partial charge in [-0.1, -0.05) is 70.8 Å². The van der Waals surface area contributed by atoms with Gasteiger partial charge in [0.05, 0.1) is 19.6 Å². The molecule has 0 aliphatic carbocycles. The van der Waals surface area contributed by atoms with Gasteiger partial charge in [-0.2, -0.15) is 0 Å². The molecule has 0 N–H and O–H groups in total. The topological polar surface area (TPSA) is 229 Å². The van der Waals surface area contributed by atoms with Crippen LogP contribution in [0.15, 0.2) is 117 Å². The van der Waals surface area contributed by atoms with E-state index in [-0.39, 0.29) is 46.9 Å². The Morgan fingerprint density at radius 2 is 0.422 bits per heavy atom. The maximum atomic E-state index is 10.4. The van der Waals surface area contributed by atoms with Gasteiger partial charge in [0.2, 0.25) is 0 Å². The molecule has 0 saturated carbocycles. The van der Waals surface area contributed by atoms with Gasteiger partial charge in [-0.25, -0.2) is 33.7 Å². The van der Waals surface area contributed by atoms with Crippen LogP contribution in [0.5, 0.6) is 0 Å². The minimum atomic E-state index is -4.27. The molecule has 4 rings (SSSR count). The van der Waals surface area contributed by atoms with Crippen molar-refractivity contribution in [1.82, 2.24) is 0 Å². The van der Waals surface area contributed by atoms with Crippen molar-refractivity contribution in [1.29, 1.82) is 0 Å². The van der Waals surface area contributed by atoms with Crippen LogP contribution in [-0.4, -0.2) is 79.2 Å². The molecule has 4 aromatic rings. The average Bonchev–Trinajstić information content (AvgIpc) is 2.89. The average molecular weight is 892 g/mol. The summed E-state index contributed by atoms with van der Waals surface area (Å²) in [7, 11) is -17.1. The minimum Gasteiger partial charge on any atom is -0.744 e. The van der Waals surface area contributed by atoms with Crippen LogP contribution in [0.1, 0.15) is 22.3 Å². The molecule has 17 heteroatoms. The van der Waals surface area contributed by atoms with E-state index in [0.717, 1.165) is 22.3 Å². The zero-order valence-electron chi connectivity index (χ0n) is 24.3. The van der Waals surface area contributed by atoms with Crippen molar-refractivity contribution >= 4 is 67.8 Å². The number of hydrogen-bond acceptors (Lipinski definition) is 12. The van der Waals surface area contributed by atoms with Gasteiger partial charge in [0.25, 0.3) is 0 Å². The molecule has 4 aromatic carbocycles. The van der Waals surface area contributed by atoms with Crippen molar-refractivity contribution in [2.24, 2.45) is 0 Å². The molecule has 12 nitrogen and oxygen atoms in total. The van der Waals surface area contributed by atoms with E-state index in [2.05, 4.69) is 0 Å². The SMILES string of the molecule is Cc1ccc(S(=O)(=O)[O-])cc1.Cc1ccc(S(=O)(=O)[O-])cc1.Cc1ccc(S(=O)(=O)[O-])cc1.Cc1ccc(S(=O)(=O)[O-])cc1.[Pb]. The Morgan fingerprint density at radius 1 is 0.311 bits per heavy atom. The Bertz CT molecular complexity index is 1650. The predicted octanol–water partition coefficient (Wildman–Crippen LogP) is 3.22. The zero-order chi connectivity index (χ0) is 33.9. The van der Waals surface area contributed by atoms with E-state index < -0.39 is 40.5 Å². The number of hydrogen-bond donors (Lipinski definition) is 0. The van der Waals surface area contributed by atoms with Crippen molar-refractivity contribution in [2.75, 3.05) is 0 Å². The molecule has 0 atom stereocenters. The van der Waals surface area contributed by atoms with Gasteiger partial charge in [-0.15, -0.1) is 0 Å². The maximum absolute atomic E-state index is 10.4. The quantitative estimate of drug-likeness (QED) is 0.213. The summed E-state index contributed by atoms with van der Waals surface area (Å²) in [6.07, 6.45) is 0. The van der Waals surface area contributed by atoms with Gasteiger partial charge in [-0.3, -0.25) is 0 Å². The molecule has 45 heavy (non-hydrogen) atoms. The van der Waals surface area contributed by atoms with Crippen LogP contribution >= 0.6 is 0 Å². The van der Waals surface area contributed by atoms with Crippen molar-refractivity contribution in [3.8, 4) is 0 Å². The summed E-state index contributed by atoms with van der Waals surface area (Å²) in [5, 5.41) is 0. The second-order valence-electron chi connectivity index (χ2n) is 9.07. The fraction of sp³-hybridized carbons (Fsp3) is 0.143. The summed E-state index contributed by atoms with van der Waals surface area (Å²) in [5.74, 6) is 0. The number of aryl methyl sites for hydroxylation is 4. The summed E-state index contributed by atoms with van der Waals surface area (Å²) >= 11 is 0. The Hall–Kier alpha value is -2.56. The zero-order valence-corrected chi connectivity index (χ0v) is 31.4. The van der Waals surface area contributed by atoms with Gasteiger partial charge in [0.1, 0.15) is 40.5 Å². The van der Waals surface area contributed by atoms with Crippen LogP contribution in [0.4, 0.5) is 0 Å². The maximum Gasteiger partial charge on any atom is 0.124 e. The van der Waals surface area contributed by atoms with Crippen LogP contribution in [0.3, 0.4) is 0 Å². The molecule has 0 bridgehead atoms. The van der Waals surface area contributed by atoms with Gasteiger partial charge in [0.15, 0.2) is 0 Å². The molecule has 0 amide bonds. The molecule has 0 fully saturated rings. The van der Waals surface area contributed by atoms with Crippen LogP contribution in [-0.2, 0) is 40.5 Å². The third kappa shape index (κ3) is 17.1. The summed E-state index contributed by atoms with van der Waals surface area (Å²) < 4.78 is 125. The molecule has 0 aromatic heterocycles. The van der Waals surface area contributed by atoms with Crippen molar-refractivity contribution in [3.05, 3.63) is 119 Å². The fourth-order valence-corrected chi connectivity index (χ4v) is 4.70. The third-order valence-electron chi connectivity index (χ3n) is 5.24. The molecule has 0 aliphatic heterocycles. The molecule has 0 saturated heterocycles. The van der Waals surface area contributed by atoms with Crippen molar-refractivity contribution in [3.63, 3.8) is 0 Å². The van der Waals surface area contributed by atoms with Crippen LogP contribution < -0.4 is 0 Å². The Labute approximate surface area is 284 Å². The molecule has 0 heterocycles. The number of benzene rings is 4. The largest absolute Gasteiger partial charge is 0.744 e. The Balaban J connectivity index is 0.000000569. The van der Waals surface area contributed by atoms with Crippen LogP contribution in [0.25, 0.3) is 0 Å². The second-order valence-corrected chi connectivity index (χ2v) is 14.6. The van der Waals surface area contributed by atoms with E-state index in [9.17, 15) is 51.9 Å². The first-order valence-corrected chi connectivity index (χ1v) is 17.7. The summed E-state index contributed by atoms with van der Waals surface area (Å²) in [6, 6.07) is 23.1. The Kier molecular flexibility index (Phi) is 16.9. The first kappa shape index (κ1) is 42.4. The first-order valence-electron chi connectivity index (χ1n) is 12.1. The molecule has 0 aliphatic rings. The van der Waals surface area contributed by atoms with Gasteiger partial charge >= 0.3 is 0 Å². The van der Waals surface area contributed by atoms with E-state index in [1.807, 2.05) is 27.7 Å². The summed E-state index contributed by atoms with van der Waals surface area (Å²) in [6.45, 7) is 7.28. The first-order chi connectivity index (χ1) is 20.0. The van der Waals surface area contributed by atoms with Crippen LogP contribution in [0.2, 0.25) is 0 Å². The van der Waals surface area contributed by atoms with E-state index in [4.69, 9.17) is 0 Å². The Morgan fingerprint density at radius 3 is 0.511 bits per heavy atom. The smallest absolute Gasteiger partial charge is 0.124 e. The molecule has 244 valence electrons. The molecular weight excluding hydrogens is 864 g/mol. The van der Waals surface area contributed by atoms with Gasteiger partial charge < -0.3 is 18.2 Å². The number of rotatable bonds is 4. The fourth-order valence-electron chi connectivity index (χ4n) is 2.82. The third-order valence-corrected chi connectivity index (χ3v) is 8.64. The van der Waals surface area contributed by atoms with Crippen molar-refractivity contribution in [2.45, 2.75) is 47.3 Å².